The van der Waals surface area contributed by atoms with E-state index in [9.17, 15) is 39.9 Å². The number of benzene rings is 2. The molecule has 3 aromatic heterocycles. The van der Waals surface area contributed by atoms with Crippen LogP contribution in [0, 0.1) is 0 Å². The number of sulfonamides is 2. The number of hydrogen-bond acceptors (Lipinski definition) is 18. The molecule has 0 amide bonds. The highest BCUT2D eigenvalue weighted by Crippen LogP contribution is 2.30. The number of hydrogen-bond donors (Lipinski definition) is 6. The van der Waals surface area contributed by atoms with Crippen LogP contribution in [0.2, 0.25) is 0 Å². The van der Waals surface area contributed by atoms with Crippen LogP contribution in [-0.4, -0.2) is 145 Å². The van der Waals surface area contributed by atoms with Crippen molar-refractivity contribution < 1.29 is 65.1 Å². The van der Waals surface area contributed by atoms with Crippen molar-refractivity contribution in [1.29, 1.82) is 0 Å². The predicted molar refractivity (Wildman–Crippen MR) is 256 cm³/mol. The van der Waals surface area contributed by atoms with E-state index < -0.39 is 29.1 Å². The maximum Gasteiger partial charge on any atom is 0.262 e. The molecule has 69 heavy (non-hydrogen) atoms. The number of carbonyl (C=O) groups excluding carboxylic acids is 2. The Morgan fingerprint density at radius 3 is 1.46 bits per heavy atom. The number of nitrogens with zero attached hydrogens (tertiary/aromatic N) is 5. The first-order valence-electron chi connectivity index (χ1n) is 21.0. The maximum atomic E-state index is 12.8. The van der Waals surface area contributed by atoms with Gasteiger partial charge in [-0.05, 0) is 106 Å². The van der Waals surface area contributed by atoms with Gasteiger partial charge in [-0.25, -0.2) is 25.3 Å². The number of aliphatic hydroxyl groups is 2. The van der Waals surface area contributed by atoms with E-state index in [-0.39, 0.29) is 86.5 Å². The SMILES string of the molecule is Cl.O=Cc1c(O)cccc1O.O=Cc1c(O)cccc1OC[C@@H]1CCCN1S(=O)(=O)c1cccnc1.O=S(=O)(Cl)c1cccnc1.O=S(=O)(c1cccnc1)N1CCC[C@H]1CO.OC[C@@H]1CCCN1. The highest BCUT2D eigenvalue weighted by atomic mass is 35.7. The van der Waals surface area contributed by atoms with Gasteiger partial charge in [0.1, 0.15) is 44.3 Å². The molecule has 25 heteroatoms. The third-order valence-electron chi connectivity index (χ3n) is 10.4. The van der Waals surface area contributed by atoms with Crippen LogP contribution in [0.4, 0.5) is 0 Å². The topological polar surface area (TPSA) is 304 Å². The molecule has 20 nitrogen and oxygen atoms in total. The molecule has 0 spiro atoms. The van der Waals surface area contributed by atoms with Crippen LogP contribution in [0.15, 0.2) is 125 Å². The van der Waals surface area contributed by atoms with E-state index in [1.807, 2.05) is 0 Å². The summed E-state index contributed by atoms with van der Waals surface area (Å²) >= 11 is 0. The van der Waals surface area contributed by atoms with Gasteiger partial charge in [-0.3, -0.25) is 24.5 Å². The molecule has 0 unspecified atom stereocenters. The van der Waals surface area contributed by atoms with Crippen LogP contribution in [0.3, 0.4) is 0 Å². The Morgan fingerprint density at radius 2 is 1.09 bits per heavy atom. The maximum absolute atomic E-state index is 12.8. The summed E-state index contributed by atoms with van der Waals surface area (Å²) in [5.41, 5.74) is -0.00957. The monoisotopic (exact) mass is 1060 g/mol. The number of phenols is 3. The number of phenolic OH excluding ortho intramolecular Hbond substituents is 3. The fourth-order valence-corrected chi connectivity index (χ4v) is 10.9. The van der Waals surface area contributed by atoms with E-state index in [0.717, 1.165) is 32.2 Å². The number of aromatic nitrogens is 3. The molecule has 3 aliphatic rings. The third-order valence-corrected chi connectivity index (χ3v) is 15.6. The Balaban J connectivity index is 0.000000246. The van der Waals surface area contributed by atoms with E-state index >= 15 is 0 Å². The van der Waals surface area contributed by atoms with Gasteiger partial charge in [-0.1, -0.05) is 12.1 Å². The third kappa shape index (κ3) is 16.9. The van der Waals surface area contributed by atoms with Crippen LogP contribution in [0.5, 0.6) is 23.0 Å². The van der Waals surface area contributed by atoms with Crippen LogP contribution < -0.4 is 10.1 Å². The van der Waals surface area contributed by atoms with Gasteiger partial charge in [0.2, 0.25) is 20.0 Å². The van der Waals surface area contributed by atoms with Gasteiger partial charge >= 0.3 is 0 Å². The lowest BCUT2D eigenvalue weighted by molar-refractivity contribution is 0.110. The molecule has 2 aromatic carbocycles. The number of ether oxygens (including phenoxy) is 1. The minimum atomic E-state index is -3.64. The summed E-state index contributed by atoms with van der Waals surface area (Å²) < 4.78 is 79.4. The number of aldehydes is 2. The normalized spacial score (nSPS) is 17.9. The molecular weight excluding hydrogens is 1000 g/mol. The van der Waals surface area contributed by atoms with Gasteiger partial charge < -0.3 is 35.6 Å². The van der Waals surface area contributed by atoms with Gasteiger partial charge in [0, 0.05) is 73.0 Å². The van der Waals surface area contributed by atoms with Crippen molar-refractivity contribution >= 4 is 64.8 Å². The number of rotatable bonds is 12. The highest BCUT2D eigenvalue weighted by molar-refractivity contribution is 8.13. The molecule has 3 saturated heterocycles. The molecule has 3 fully saturated rings. The fourth-order valence-electron chi connectivity index (χ4n) is 6.90. The number of aromatic hydroxyl groups is 3. The van der Waals surface area contributed by atoms with Crippen LogP contribution in [-0.2, 0) is 29.1 Å². The first-order chi connectivity index (χ1) is 32.5. The molecule has 0 saturated carbocycles. The van der Waals surface area contributed by atoms with Crippen molar-refractivity contribution in [2.24, 2.45) is 0 Å². The minimum Gasteiger partial charge on any atom is -0.507 e. The molecule has 6 N–H and O–H groups in total. The second kappa shape index (κ2) is 28.4. The number of carbonyl (C=O) groups is 2. The molecule has 3 atom stereocenters. The number of pyridine rings is 3. The molecule has 0 bridgehead atoms. The van der Waals surface area contributed by atoms with E-state index in [1.54, 1.807) is 24.3 Å². The summed E-state index contributed by atoms with van der Waals surface area (Å²) in [5.74, 6) is -0.329. The minimum absolute atomic E-state index is 0. The Hall–Kier alpha value is -5.34. The lowest BCUT2D eigenvalue weighted by atomic mass is 10.2. The van der Waals surface area contributed by atoms with Crippen molar-refractivity contribution in [3.05, 3.63) is 121 Å². The van der Waals surface area contributed by atoms with E-state index in [4.69, 9.17) is 35.8 Å². The van der Waals surface area contributed by atoms with Gasteiger partial charge in [0.05, 0.1) is 30.4 Å². The first-order valence-corrected chi connectivity index (χ1v) is 26.2. The first kappa shape index (κ1) is 58.0. The van der Waals surface area contributed by atoms with Crippen molar-refractivity contribution in [1.82, 2.24) is 28.9 Å². The van der Waals surface area contributed by atoms with Crippen LogP contribution in [0.1, 0.15) is 59.2 Å². The molecule has 0 aliphatic carbocycles. The van der Waals surface area contributed by atoms with E-state index in [1.165, 1.54) is 101 Å². The van der Waals surface area contributed by atoms with Crippen molar-refractivity contribution in [3.8, 4) is 23.0 Å². The molecule has 8 rings (SSSR count). The molecule has 3 aliphatic heterocycles. The van der Waals surface area contributed by atoms with E-state index in [2.05, 4.69) is 20.3 Å². The lowest BCUT2D eigenvalue weighted by Gasteiger charge is -2.24. The van der Waals surface area contributed by atoms with Crippen LogP contribution in [0.25, 0.3) is 0 Å². The quantitative estimate of drug-likeness (QED) is 0.0756. The Kier molecular flexibility index (Phi) is 23.8. The zero-order chi connectivity index (χ0) is 49.7. The predicted octanol–water partition coefficient (Wildman–Crippen LogP) is 4.13. The Labute approximate surface area is 411 Å². The highest BCUT2D eigenvalue weighted by Gasteiger charge is 2.36. The Bertz CT molecular complexity index is 2680. The number of nitrogens with one attached hydrogen (secondary N) is 1. The lowest BCUT2D eigenvalue weighted by Crippen LogP contribution is -2.39. The van der Waals surface area contributed by atoms with Crippen molar-refractivity contribution in [2.45, 2.75) is 71.3 Å². The standard InChI is InChI=1S/C17H18N2O5S.C10H14N2O3S.C7H6O3.C5H4ClNO2S.C5H11NO.ClH/c20-11-15-16(21)6-1-7-17(15)24-12-13-4-3-9-19(13)25(22,23)14-5-2-8-18-10-14;13-8-9-3-2-6-12(9)16(14,15)10-4-1-5-11-7-10;8-4-5-6(9)2-1-3-7(5)10;6-10(8,9)5-2-1-3-7-4-5;7-4-5-2-1-3-6-5;/h1-2,5-8,10-11,13,21H,3-4,9,12H2;1,4-5,7,9,13H,2-3,6,8H2;1-4,9-10H;1-4H;5-7H,1-4H2;1H/t13-;9-;;;5-;/m00..0./s1. The smallest absolute Gasteiger partial charge is 0.262 e. The van der Waals surface area contributed by atoms with Crippen molar-refractivity contribution in [3.63, 3.8) is 0 Å². The van der Waals surface area contributed by atoms with Gasteiger partial charge in [-0.15, -0.1) is 12.4 Å². The molecule has 0 radical (unpaired) electrons. The Morgan fingerprint density at radius 1 is 0.623 bits per heavy atom. The summed E-state index contributed by atoms with van der Waals surface area (Å²) in [4.78, 5) is 32.9. The average molecular weight is 1060 g/mol. The van der Waals surface area contributed by atoms with Gasteiger partial charge in [0.25, 0.3) is 9.05 Å². The number of aliphatic hydroxyl groups excluding tert-OH is 2. The fraction of sp³-hybridized carbons (Fsp3) is 0.341. The van der Waals surface area contributed by atoms with Crippen LogP contribution >= 0.6 is 23.1 Å². The summed E-state index contributed by atoms with van der Waals surface area (Å²) in [7, 11) is -5.74. The molecular formula is C44H54Cl2N6O14S3. The number of halogens is 2. The zero-order valence-electron chi connectivity index (χ0n) is 36.9. The summed E-state index contributed by atoms with van der Waals surface area (Å²) in [5, 5.41) is 48.3. The summed E-state index contributed by atoms with van der Waals surface area (Å²) in [6.07, 6.45) is 14.6. The molecule has 5 aromatic rings. The average Bonchev–Trinajstić information content (AvgIpc) is 4.16. The van der Waals surface area contributed by atoms with Gasteiger partial charge in [0.15, 0.2) is 12.6 Å². The summed E-state index contributed by atoms with van der Waals surface area (Å²) in [6, 6.07) is 17.5. The second-order valence-corrected chi connectivity index (χ2v) is 21.3. The molecule has 376 valence electrons. The largest absolute Gasteiger partial charge is 0.507 e. The zero-order valence-corrected chi connectivity index (χ0v) is 40.9. The van der Waals surface area contributed by atoms with Crippen molar-refractivity contribution in [2.75, 3.05) is 39.5 Å². The molecule has 6 heterocycles. The summed E-state index contributed by atoms with van der Waals surface area (Å²) in [6.45, 7) is 2.25. The van der Waals surface area contributed by atoms with Gasteiger partial charge in [-0.2, -0.15) is 8.61 Å². The van der Waals surface area contributed by atoms with E-state index in [0.29, 0.717) is 44.7 Å². The second-order valence-electron chi connectivity index (χ2n) is 14.9.